The summed E-state index contributed by atoms with van der Waals surface area (Å²) in [7, 11) is 1.73. The summed E-state index contributed by atoms with van der Waals surface area (Å²) in [5.74, 6) is -0.0242. The van der Waals surface area contributed by atoms with Gasteiger partial charge in [-0.25, -0.2) is 4.79 Å². The molecule has 0 aromatic heterocycles. The van der Waals surface area contributed by atoms with Crippen molar-refractivity contribution in [2.75, 3.05) is 26.9 Å². The number of benzene rings is 3. The monoisotopic (exact) mass is 701 g/mol. The molecule has 1 saturated heterocycles. The van der Waals surface area contributed by atoms with E-state index in [1.54, 1.807) is 13.2 Å². The van der Waals surface area contributed by atoms with Gasteiger partial charge in [-0.05, 0) is 53.7 Å². The third-order valence-corrected chi connectivity index (χ3v) is 9.47. The number of nitrogens with one attached hydrogen (secondary N) is 1. The van der Waals surface area contributed by atoms with E-state index in [1.807, 2.05) is 54.6 Å². The fourth-order valence-electron chi connectivity index (χ4n) is 6.85. The quantitative estimate of drug-likeness (QED) is 0.0781. The lowest BCUT2D eigenvalue weighted by atomic mass is 9.89. The van der Waals surface area contributed by atoms with Crippen LogP contribution in [0.2, 0.25) is 0 Å². The summed E-state index contributed by atoms with van der Waals surface area (Å²) in [6.45, 7) is 13.1. The Labute approximate surface area is 305 Å². The van der Waals surface area contributed by atoms with Crippen molar-refractivity contribution in [2.24, 2.45) is 17.8 Å². The van der Waals surface area contributed by atoms with Crippen molar-refractivity contribution in [1.82, 2.24) is 5.32 Å². The molecule has 0 radical (unpaired) electrons. The predicted octanol–water partition coefficient (Wildman–Crippen LogP) is 8.89. The Kier molecular flexibility index (Phi) is 17.2. The highest BCUT2D eigenvalue weighted by molar-refractivity contribution is 5.67. The first-order valence-corrected chi connectivity index (χ1v) is 18.5. The molecule has 1 aliphatic heterocycles. The first kappa shape index (κ1) is 40.2. The maximum Gasteiger partial charge on any atom is 0.407 e. The van der Waals surface area contributed by atoms with Crippen LogP contribution in [0.5, 0.6) is 0 Å². The van der Waals surface area contributed by atoms with Crippen molar-refractivity contribution in [2.45, 2.75) is 96.8 Å². The molecule has 3 aromatic carbocycles. The number of alkyl carbamates (subject to hydrolysis) is 1. The van der Waals surface area contributed by atoms with E-state index >= 15 is 0 Å². The van der Waals surface area contributed by atoms with Crippen molar-refractivity contribution < 1.29 is 33.2 Å². The molecule has 0 spiro atoms. The molecular formula is C43H59NO7. The summed E-state index contributed by atoms with van der Waals surface area (Å²) in [6.07, 6.45) is 4.17. The average molecular weight is 702 g/mol. The topological polar surface area (TPSA) is 84.5 Å². The molecule has 1 amide bonds. The van der Waals surface area contributed by atoms with E-state index in [2.05, 4.69) is 69.1 Å². The number of carbonyl (C=O) groups excluding carboxylic acids is 1. The van der Waals surface area contributed by atoms with Crippen LogP contribution in [0.4, 0.5) is 4.79 Å². The van der Waals surface area contributed by atoms with Crippen LogP contribution in [-0.2, 0) is 48.2 Å². The molecule has 1 N–H and O–H groups in total. The molecule has 1 unspecified atom stereocenters. The lowest BCUT2D eigenvalue weighted by molar-refractivity contribution is -0.241. The predicted molar refractivity (Wildman–Crippen MR) is 201 cm³/mol. The van der Waals surface area contributed by atoms with Crippen molar-refractivity contribution in [3.63, 3.8) is 0 Å². The van der Waals surface area contributed by atoms with Crippen LogP contribution in [-0.4, -0.2) is 57.1 Å². The van der Waals surface area contributed by atoms with Gasteiger partial charge in [0.05, 0.1) is 32.0 Å². The van der Waals surface area contributed by atoms with Crippen LogP contribution in [0.15, 0.2) is 104 Å². The van der Waals surface area contributed by atoms with E-state index in [4.69, 9.17) is 28.4 Å². The van der Waals surface area contributed by atoms with Crippen LogP contribution >= 0.6 is 0 Å². The molecule has 1 heterocycles. The number of rotatable bonds is 23. The van der Waals surface area contributed by atoms with Gasteiger partial charge in [0.25, 0.3) is 0 Å². The first-order valence-electron chi connectivity index (χ1n) is 18.5. The summed E-state index contributed by atoms with van der Waals surface area (Å²) in [5, 5.41) is 2.86. The number of amides is 1. The van der Waals surface area contributed by atoms with Gasteiger partial charge in [0.2, 0.25) is 0 Å². The molecule has 1 aliphatic rings. The van der Waals surface area contributed by atoms with Crippen LogP contribution in [0.3, 0.4) is 0 Å². The van der Waals surface area contributed by atoms with Gasteiger partial charge < -0.3 is 33.7 Å². The van der Waals surface area contributed by atoms with E-state index in [0.717, 1.165) is 30.4 Å². The van der Waals surface area contributed by atoms with Crippen molar-refractivity contribution in [3.05, 3.63) is 120 Å². The average Bonchev–Trinajstić information content (AvgIpc) is 3.51. The number of ether oxygens (including phenoxy) is 6. The van der Waals surface area contributed by atoms with Gasteiger partial charge in [-0.1, -0.05) is 124 Å². The Bertz CT molecular complexity index is 1390. The normalized spacial score (nSPS) is 21.0. The Balaban J connectivity index is 1.46. The Morgan fingerprint density at radius 2 is 1.47 bits per heavy atom. The molecule has 4 rings (SSSR count). The number of hydrogen-bond donors (Lipinski definition) is 1. The van der Waals surface area contributed by atoms with Gasteiger partial charge >= 0.3 is 6.09 Å². The zero-order valence-electron chi connectivity index (χ0n) is 31.0. The minimum atomic E-state index is -0.835. The molecule has 8 heteroatoms. The van der Waals surface area contributed by atoms with Crippen LogP contribution < -0.4 is 5.32 Å². The summed E-state index contributed by atoms with van der Waals surface area (Å²) in [6, 6.07) is 30.8. The Morgan fingerprint density at radius 3 is 2.08 bits per heavy atom. The molecule has 7 atom stereocenters. The summed E-state index contributed by atoms with van der Waals surface area (Å²) < 4.78 is 37.9. The maximum atomic E-state index is 12.0. The van der Waals surface area contributed by atoms with Gasteiger partial charge in [0.1, 0.15) is 12.7 Å². The summed E-state index contributed by atoms with van der Waals surface area (Å²) in [4.78, 5) is 12.0. The van der Waals surface area contributed by atoms with Gasteiger partial charge in [-0.3, -0.25) is 0 Å². The van der Waals surface area contributed by atoms with Crippen molar-refractivity contribution in [3.8, 4) is 0 Å². The molecule has 51 heavy (non-hydrogen) atoms. The molecule has 3 aromatic rings. The minimum absolute atomic E-state index is 0.190. The van der Waals surface area contributed by atoms with Gasteiger partial charge in [-0.15, -0.1) is 0 Å². The standard InChI is InChI=1S/C43H59NO7/c1-6-23-48-42(45)44-29-35(4)25-34(3)27-43(46-5)28-40(50-32-38-20-14-9-15-21-38)41(51-43)39(49-31-37-18-12-8-13-19-37)26-33(2)22-24-47-30-36-16-10-7-11-17-36/h6-21,33-35,39-41H,1,22-32H2,2-5H3,(H,44,45)/t33-,34+,35-,39-,40-,41-,43?/m1/s1. The molecule has 1 fully saturated rings. The smallest absolute Gasteiger partial charge is 0.407 e. The van der Waals surface area contributed by atoms with E-state index in [1.165, 1.54) is 5.56 Å². The zero-order valence-corrected chi connectivity index (χ0v) is 31.0. The van der Waals surface area contributed by atoms with Crippen LogP contribution in [0.1, 0.15) is 69.6 Å². The highest BCUT2D eigenvalue weighted by Crippen LogP contribution is 2.42. The summed E-state index contributed by atoms with van der Waals surface area (Å²) >= 11 is 0. The Morgan fingerprint density at radius 1 is 0.863 bits per heavy atom. The van der Waals surface area contributed by atoms with Gasteiger partial charge in [-0.2, -0.15) is 0 Å². The van der Waals surface area contributed by atoms with Crippen LogP contribution in [0, 0.1) is 17.8 Å². The molecular weight excluding hydrogens is 642 g/mol. The van der Waals surface area contributed by atoms with E-state index in [-0.39, 0.29) is 36.8 Å². The van der Waals surface area contributed by atoms with Crippen molar-refractivity contribution in [1.29, 1.82) is 0 Å². The molecule has 0 saturated carbocycles. The zero-order chi connectivity index (χ0) is 36.3. The number of carbonyl (C=O) groups is 1. The lowest BCUT2D eigenvalue weighted by Gasteiger charge is -2.33. The third kappa shape index (κ3) is 14.2. The van der Waals surface area contributed by atoms with E-state index in [9.17, 15) is 4.79 Å². The fraction of sp³-hybridized carbons (Fsp3) is 0.512. The first-order chi connectivity index (χ1) is 24.8. The summed E-state index contributed by atoms with van der Waals surface area (Å²) in [5.41, 5.74) is 3.40. The highest BCUT2D eigenvalue weighted by atomic mass is 16.7. The number of hydrogen-bond acceptors (Lipinski definition) is 7. The molecule has 0 aliphatic carbocycles. The lowest BCUT2D eigenvalue weighted by Crippen LogP contribution is -2.40. The van der Waals surface area contributed by atoms with Crippen molar-refractivity contribution >= 4 is 6.09 Å². The minimum Gasteiger partial charge on any atom is -0.445 e. The second-order valence-electron chi connectivity index (χ2n) is 14.2. The molecule has 0 bridgehead atoms. The third-order valence-electron chi connectivity index (χ3n) is 9.47. The largest absolute Gasteiger partial charge is 0.445 e. The SMILES string of the molecule is C=CCOC(=O)NC[C@H](C)C[C@H](C)CC1(OC)C[C@@H](OCc2ccccc2)[C@@H]([C@@H](C[C@H](C)CCOCc2ccccc2)OCc2ccccc2)O1. The van der Waals surface area contributed by atoms with Gasteiger partial charge in [0, 0.05) is 33.1 Å². The number of methoxy groups -OCH3 is 1. The van der Waals surface area contributed by atoms with Crippen LogP contribution in [0.25, 0.3) is 0 Å². The molecule has 8 nitrogen and oxygen atoms in total. The van der Waals surface area contributed by atoms with Gasteiger partial charge in [0.15, 0.2) is 5.79 Å². The second kappa shape index (κ2) is 21.7. The second-order valence-corrected chi connectivity index (χ2v) is 14.2. The highest BCUT2D eigenvalue weighted by Gasteiger charge is 2.51. The fourth-order valence-corrected chi connectivity index (χ4v) is 6.85. The maximum absolute atomic E-state index is 12.0. The van der Waals surface area contributed by atoms with E-state index < -0.39 is 11.9 Å². The van der Waals surface area contributed by atoms with E-state index in [0.29, 0.717) is 51.7 Å². The molecule has 278 valence electrons. The Hall–Kier alpha value is -3.53.